The van der Waals surface area contributed by atoms with E-state index in [4.69, 9.17) is 9.72 Å². The second-order valence-corrected chi connectivity index (χ2v) is 8.67. The summed E-state index contributed by atoms with van der Waals surface area (Å²) in [5.74, 6) is 0.962. The van der Waals surface area contributed by atoms with Gasteiger partial charge in [0.05, 0.1) is 29.7 Å². The van der Waals surface area contributed by atoms with Crippen LogP contribution in [0.15, 0.2) is 47.5 Å². The molecule has 1 saturated carbocycles. The Morgan fingerprint density at radius 3 is 2.59 bits per heavy atom. The first kappa shape index (κ1) is 22.2. The van der Waals surface area contributed by atoms with Gasteiger partial charge in [-0.2, -0.15) is 0 Å². The van der Waals surface area contributed by atoms with E-state index in [1.165, 1.54) is 25.0 Å². The van der Waals surface area contributed by atoms with E-state index >= 15 is 0 Å². The van der Waals surface area contributed by atoms with Crippen molar-refractivity contribution in [3.8, 4) is 17.1 Å². The maximum atomic E-state index is 13.5. The number of methoxy groups -OCH3 is 1. The summed E-state index contributed by atoms with van der Waals surface area (Å²) in [5.41, 5.74) is 1.58. The van der Waals surface area contributed by atoms with E-state index in [1.807, 2.05) is 6.92 Å². The summed E-state index contributed by atoms with van der Waals surface area (Å²) >= 11 is 0. The molecule has 2 heterocycles. The number of ether oxygens (including phenoxy) is 1. The minimum atomic E-state index is -0.355. The van der Waals surface area contributed by atoms with Crippen molar-refractivity contribution in [1.82, 2.24) is 19.1 Å². The topological polar surface area (TPSA) is 74.0 Å². The third kappa shape index (κ3) is 4.91. The Morgan fingerprint density at radius 2 is 1.91 bits per heavy atom. The summed E-state index contributed by atoms with van der Waals surface area (Å²) in [6.45, 7) is 4.59. The van der Waals surface area contributed by atoms with Gasteiger partial charge in [-0.25, -0.2) is 19.2 Å². The van der Waals surface area contributed by atoms with Crippen LogP contribution in [0, 0.1) is 11.7 Å². The minimum absolute atomic E-state index is 0.138. The number of hydrogen-bond donors (Lipinski definition) is 1. The molecule has 3 aromatic rings. The van der Waals surface area contributed by atoms with Gasteiger partial charge < -0.3 is 10.1 Å². The van der Waals surface area contributed by atoms with E-state index in [2.05, 4.69) is 17.2 Å². The van der Waals surface area contributed by atoms with Gasteiger partial charge in [0, 0.05) is 25.5 Å². The molecule has 1 atom stereocenters. The quantitative estimate of drug-likeness (QED) is 0.595. The van der Waals surface area contributed by atoms with Crippen molar-refractivity contribution in [2.75, 3.05) is 12.4 Å². The van der Waals surface area contributed by atoms with Crippen LogP contribution in [0.1, 0.15) is 39.5 Å². The molecule has 32 heavy (non-hydrogen) atoms. The molecule has 170 valence electrons. The molecule has 1 N–H and O–H groups in total. The van der Waals surface area contributed by atoms with Gasteiger partial charge >= 0.3 is 5.69 Å². The summed E-state index contributed by atoms with van der Waals surface area (Å²) in [5, 5.41) is 3.46. The molecule has 4 rings (SSSR count). The zero-order valence-corrected chi connectivity index (χ0v) is 18.8. The van der Waals surface area contributed by atoms with Crippen molar-refractivity contribution in [1.29, 1.82) is 0 Å². The van der Waals surface area contributed by atoms with Gasteiger partial charge in [0.25, 0.3) is 0 Å². The fraction of sp³-hybridized carbons (Fsp3) is 0.458. The molecule has 1 fully saturated rings. The first-order chi connectivity index (χ1) is 15.4. The van der Waals surface area contributed by atoms with Crippen LogP contribution in [-0.4, -0.2) is 38.4 Å². The van der Waals surface area contributed by atoms with E-state index in [9.17, 15) is 9.18 Å². The Kier molecular flexibility index (Phi) is 6.69. The lowest BCUT2D eigenvalue weighted by molar-refractivity contribution is 0.102. The molecule has 0 amide bonds. The van der Waals surface area contributed by atoms with Crippen LogP contribution in [0.4, 0.5) is 10.3 Å². The molecule has 1 aliphatic rings. The summed E-state index contributed by atoms with van der Waals surface area (Å²) in [4.78, 5) is 22.4. The Morgan fingerprint density at radius 1 is 1.19 bits per heavy atom. The van der Waals surface area contributed by atoms with Crippen LogP contribution in [0.25, 0.3) is 17.1 Å². The zero-order valence-electron chi connectivity index (χ0n) is 18.8. The average Bonchev–Trinajstić information content (AvgIpc) is 3.12. The van der Waals surface area contributed by atoms with E-state index in [-0.39, 0.29) is 17.6 Å². The average molecular weight is 440 g/mol. The van der Waals surface area contributed by atoms with E-state index < -0.39 is 0 Å². The molecular formula is C24H30FN5O2. The van der Waals surface area contributed by atoms with Gasteiger partial charge in [0.1, 0.15) is 5.82 Å². The van der Waals surface area contributed by atoms with Crippen LogP contribution >= 0.6 is 0 Å². The fourth-order valence-electron chi connectivity index (χ4n) is 4.15. The summed E-state index contributed by atoms with van der Waals surface area (Å²) < 4.78 is 22.0. The third-order valence-electron chi connectivity index (χ3n) is 6.16. The van der Waals surface area contributed by atoms with Gasteiger partial charge in [0.2, 0.25) is 5.95 Å². The SMILES string of the molecule is COC(C)Cn1cc(-c2ccnc(NC3CCC(C)CC3)n2)n(-c2ccc(F)cc2)c1=O. The van der Waals surface area contributed by atoms with Crippen molar-refractivity contribution in [2.24, 2.45) is 5.92 Å². The highest BCUT2D eigenvalue weighted by molar-refractivity contribution is 5.59. The van der Waals surface area contributed by atoms with Crippen LogP contribution in [0.5, 0.6) is 0 Å². The first-order valence-electron chi connectivity index (χ1n) is 11.2. The normalized spacial score (nSPS) is 19.6. The lowest BCUT2D eigenvalue weighted by Crippen LogP contribution is -2.27. The number of imidazole rings is 1. The standard InChI is InChI=1S/C24H30FN5O2/c1-16-4-8-19(9-5-16)27-23-26-13-12-21(28-23)22-15-29(14-17(2)32-3)24(31)30(22)20-10-6-18(25)7-11-20/h6-7,10-13,15-17,19H,4-5,8-9,14H2,1-3H3,(H,26,27,28). The minimum Gasteiger partial charge on any atom is -0.380 e. The van der Waals surface area contributed by atoms with Gasteiger partial charge in [-0.05, 0) is 68.9 Å². The Balaban J connectivity index is 1.71. The van der Waals surface area contributed by atoms with Crippen molar-refractivity contribution in [3.05, 3.63) is 59.0 Å². The monoisotopic (exact) mass is 439 g/mol. The maximum absolute atomic E-state index is 13.5. The second kappa shape index (κ2) is 9.65. The summed E-state index contributed by atoms with van der Waals surface area (Å²) in [7, 11) is 1.61. The number of benzene rings is 1. The van der Waals surface area contributed by atoms with E-state index in [1.54, 1.807) is 46.8 Å². The molecule has 7 nitrogen and oxygen atoms in total. The van der Waals surface area contributed by atoms with Crippen LogP contribution in [0.3, 0.4) is 0 Å². The van der Waals surface area contributed by atoms with Gasteiger partial charge in [-0.1, -0.05) is 6.92 Å². The second-order valence-electron chi connectivity index (χ2n) is 8.67. The molecule has 0 bridgehead atoms. The Hall–Kier alpha value is -3.00. The number of aromatic nitrogens is 4. The molecule has 1 aliphatic carbocycles. The smallest absolute Gasteiger partial charge is 0.333 e. The maximum Gasteiger partial charge on any atom is 0.333 e. The highest BCUT2D eigenvalue weighted by Gasteiger charge is 2.20. The van der Waals surface area contributed by atoms with Gasteiger partial charge in [0.15, 0.2) is 0 Å². The third-order valence-corrected chi connectivity index (χ3v) is 6.16. The first-order valence-corrected chi connectivity index (χ1v) is 11.2. The largest absolute Gasteiger partial charge is 0.380 e. The predicted molar refractivity (Wildman–Crippen MR) is 123 cm³/mol. The van der Waals surface area contributed by atoms with Crippen molar-refractivity contribution >= 4 is 5.95 Å². The van der Waals surface area contributed by atoms with Gasteiger partial charge in [-0.15, -0.1) is 0 Å². The van der Waals surface area contributed by atoms with Gasteiger partial charge in [-0.3, -0.25) is 9.13 Å². The highest BCUT2D eigenvalue weighted by Crippen LogP contribution is 2.26. The van der Waals surface area contributed by atoms with E-state index in [0.29, 0.717) is 35.6 Å². The molecule has 1 aromatic carbocycles. The van der Waals surface area contributed by atoms with Crippen molar-refractivity contribution in [3.63, 3.8) is 0 Å². The summed E-state index contributed by atoms with van der Waals surface area (Å²) in [6.07, 6.45) is 7.92. The molecule has 0 aliphatic heterocycles. The molecule has 2 aromatic heterocycles. The fourth-order valence-corrected chi connectivity index (χ4v) is 4.15. The Labute approximate surface area is 187 Å². The highest BCUT2D eigenvalue weighted by atomic mass is 19.1. The number of rotatable bonds is 7. The molecule has 1 unspecified atom stereocenters. The number of halogens is 1. The van der Waals surface area contributed by atoms with Crippen molar-refractivity contribution < 1.29 is 9.13 Å². The lowest BCUT2D eigenvalue weighted by Gasteiger charge is -2.26. The summed E-state index contributed by atoms with van der Waals surface area (Å²) in [6, 6.07) is 8.01. The zero-order chi connectivity index (χ0) is 22.7. The number of anilines is 1. The van der Waals surface area contributed by atoms with E-state index in [0.717, 1.165) is 18.8 Å². The molecular weight excluding hydrogens is 409 g/mol. The number of nitrogens with one attached hydrogen (secondary N) is 1. The number of nitrogens with zero attached hydrogens (tertiary/aromatic N) is 4. The molecule has 0 saturated heterocycles. The van der Waals surface area contributed by atoms with Crippen LogP contribution in [-0.2, 0) is 11.3 Å². The molecule has 0 radical (unpaired) electrons. The number of hydrogen-bond acceptors (Lipinski definition) is 5. The van der Waals surface area contributed by atoms with Crippen LogP contribution in [0.2, 0.25) is 0 Å². The molecule has 8 heteroatoms. The van der Waals surface area contributed by atoms with Crippen LogP contribution < -0.4 is 11.0 Å². The molecule has 0 spiro atoms. The van der Waals surface area contributed by atoms with Crippen molar-refractivity contribution in [2.45, 2.75) is 58.2 Å². The Bertz CT molecular complexity index is 1100. The lowest BCUT2D eigenvalue weighted by atomic mass is 9.87. The predicted octanol–water partition coefficient (Wildman–Crippen LogP) is 4.26.